The van der Waals surface area contributed by atoms with Gasteiger partial charge in [-0.2, -0.15) is 5.10 Å². The molecule has 2 aromatic carbocycles. The molecule has 0 spiro atoms. The second-order valence-electron chi connectivity index (χ2n) is 5.62. The monoisotopic (exact) mass is 354 g/mol. The Morgan fingerprint density at radius 2 is 1.92 bits per heavy atom. The number of para-hydroxylation sites is 1. The molecule has 128 valence electrons. The minimum Gasteiger partial charge on any atom is -0.488 e. The molecule has 1 heterocycles. The maximum absolute atomic E-state index is 6.22. The maximum atomic E-state index is 6.22. The molecule has 3 aromatic rings. The van der Waals surface area contributed by atoms with E-state index in [0.717, 1.165) is 22.7 Å². The first-order valence-corrected chi connectivity index (χ1v) is 8.23. The van der Waals surface area contributed by atoms with Gasteiger partial charge < -0.3 is 9.75 Å². The van der Waals surface area contributed by atoms with Gasteiger partial charge in [0, 0.05) is 37.1 Å². The summed E-state index contributed by atoms with van der Waals surface area (Å²) in [5.41, 5.74) is 1.81. The van der Waals surface area contributed by atoms with Crippen molar-refractivity contribution < 1.29 is 4.74 Å². The Bertz CT molecular complexity index is 859. The van der Waals surface area contributed by atoms with E-state index in [1.54, 1.807) is 17.5 Å². The van der Waals surface area contributed by atoms with Crippen LogP contribution in [0.5, 0.6) is 5.75 Å². The highest BCUT2D eigenvalue weighted by Crippen LogP contribution is 2.23. The van der Waals surface area contributed by atoms with E-state index in [2.05, 4.69) is 10.1 Å². The van der Waals surface area contributed by atoms with E-state index in [-0.39, 0.29) is 0 Å². The van der Waals surface area contributed by atoms with Gasteiger partial charge in [0.2, 0.25) is 0 Å². The van der Waals surface area contributed by atoms with Crippen LogP contribution in [0.1, 0.15) is 11.1 Å². The van der Waals surface area contributed by atoms with Crippen LogP contribution in [-0.2, 0) is 6.61 Å². The molecule has 0 unspecified atom stereocenters. The van der Waals surface area contributed by atoms with Crippen molar-refractivity contribution >= 4 is 17.4 Å². The Morgan fingerprint density at radius 3 is 2.64 bits per heavy atom. The molecule has 0 aliphatic heterocycles. The molecular weight excluding hydrogens is 336 g/mol. The molecule has 0 aliphatic carbocycles. The molecule has 0 saturated carbocycles. The summed E-state index contributed by atoms with van der Waals surface area (Å²) >= 11 is 6.22. The van der Waals surface area contributed by atoms with Crippen molar-refractivity contribution in [2.24, 2.45) is 5.10 Å². The molecule has 1 aromatic heterocycles. The van der Waals surface area contributed by atoms with Crippen molar-refractivity contribution in [2.45, 2.75) is 6.61 Å². The summed E-state index contributed by atoms with van der Waals surface area (Å²) in [6.45, 7) is 0.385. The molecule has 0 atom stereocenters. The lowest BCUT2D eigenvalue weighted by Gasteiger charge is -2.16. The molecular formula is C19H19ClN4O. The second-order valence-corrected chi connectivity index (χ2v) is 6.02. The lowest BCUT2D eigenvalue weighted by Crippen LogP contribution is -2.18. The fourth-order valence-corrected chi connectivity index (χ4v) is 2.56. The summed E-state index contributed by atoms with van der Waals surface area (Å²) in [6, 6.07) is 15.5. The van der Waals surface area contributed by atoms with Crippen molar-refractivity contribution in [2.75, 3.05) is 14.1 Å². The van der Waals surface area contributed by atoms with Gasteiger partial charge in [0.05, 0.1) is 5.56 Å². The summed E-state index contributed by atoms with van der Waals surface area (Å²) < 4.78 is 7.91. The van der Waals surface area contributed by atoms with Gasteiger partial charge in [0.15, 0.2) is 5.84 Å². The molecule has 3 rings (SSSR count). The first-order chi connectivity index (χ1) is 12.1. The number of nitrogens with zero attached hydrogens (tertiary/aromatic N) is 4. The van der Waals surface area contributed by atoms with Crippen LogP contribution in [0, 0.1) is 0 Å². The quantitative estimate of drug-likeness (QED) is 0.396. The van der Waals surface area contributed by atoms with Gasteiger partial charge in [0.25, 0.3) is 0 Å². The predicted molar refractivity (Wildman–Crippen MR) is 100 cm³/mol. The van der Waals surface area contributed by atoms with Crippen LogP contribution in [0.4, 0.5) is 0 Å². The fourth-order valence-electron chi connectivity index (χ4n) is 2.37. The zero-order valence-electron chi connectivity index (χ0n) is 14.1. The van der Waals surface area contributed by atoms with E-state index >= 15 is 0 Å². The van der Waals surface area contributed by atoms with E-state index in [0.29, 0.717) is 11.6 Å². The van der Waals surface area contributed by atoms with Crippen LogP contribution in [0.2, 0.25) is 5.02 Å². The number of halogens is 1. The lowest BCUT2D eigenvalue weighted by molar-refractivity contribution is 0.305. The minimum atomic E-state index is 0.385. The summed E-state index contributed by atoms with van der Waals surface area (Å²) in [4.78, 5) is 4.12. The SMILES string of the molecule is CN(C)/N=C(\c1ccccc1OCc1ccccc1Cl)n1ccnc1. The molecule has 0 radical (unpaired) electrons. The van der Waals surface area contributed by atoms with Gasteiger partial charge in [-0.25, -0.2) is 4.98 Å². The summed E-state index contributed by atoms with van der Waals surface area (Å²) in [6.07, 6.45) is 5.29. The molecule has 0 amide bonds. The smallest absolute Gasteiger partial charge is 0.168 e. The number of imidazole rings is 1. The zero-order chi connectivity index (χ0) is 17.6. The third-order valence-corrected chi connectivity index (χ3v) is 3.88. The van der Waals surface area contributed by atoms with Crippen molar-refractivity contribution in [1.29, 1.82) is 0 Å². The topological polar surface area (TPSA) is 42.6 Å². The van der Waals surface area contributed by atoms with E-state index in [1.165, 1.54) is 0 Å². The lowest BCUT2D eigenvalue weighted by atomic mass is 10.1. The highest BCUT2D eigenvalue weighted by atomic mass is 35.5. The number of aromatic nitrogens is 2. The van der Waals surface area contributed by atoms with Gasteiger partial charge in [-0.05, 0) is 18.2 Å². The normalized spacial score (nSPS) is 11.4. The molecule has 25 heavy (non-hydrogen) atoms. The molecule has 0 N–H and O–H groups in total. The van der Waals surface area contributed by atoms with Crippen LogP contribution in [0.25, 0.3) is 0 Å². The third-order valence-electron chi connectivity index (χ3n) is 3.51. The average molecular weight is 355 g/mol. The molecule has 0 aliphatic rings. The van der Waals surface area contributed by atoms with E-state index in [1.807, 2.05) is 73.4 Å². The molecule has 6 heteroatoms. The summed E-state index contributed by atoms with van der Waals surface area (Å²) in [5, 5.41) is 7.03. The van der Waals surface area contributed by atoms with Crippen molar-refractivity contribution in [3.8, 4) is 5.75 Å². The van der Waals surface area contributed by atoms with Gasteiger partial charge in [0.1, 0.15) is 18.7 Å². The van der Waals surface area contributed by atoms with Crippen molar-refractivity contribution in [3.05, 3.63) is 83.4 Å². The van der Waals surface area contributed by atoms with Crippen LogP contribution in [-0.4, -0.2) is 34.5 Å². The van der Waals surface area contributed by atoms with Crippen LogP contribution in [0.15, 0.2) is 72.4 Å². The molecule has 0 saturated heterocycles. The van der Waals surface area contributed by atoms with Gasteiger partial charge in [-0.1, -0.05) is 41.9 Å². The number of benzene rings is 2. The van der Waals surface area contributed by atoms with E-state index in [4.69, 9.17) is 16.3 Å². The van der Waals surface area contributed by atoms with Gasteiger partial charge in [-0.15, -0.1) is 0 Å². The minimum absolute atomic E-state index is 0.385. The Hall–Kier alpha value is -2.79. The number of hydrogen-bond donors (Lipinski definition) is 0. The number of hydrogen-bond acceptors (Lipinski definition) is 4. The first kappa shape index (κ1) is 17.0. The third kappa shape index (κ3) is 4.19. The molecule has 0 fully saturated rings. The second kappa shape index (κ2) is 7.85. The number of rotatable bonds is 5. The van der Waals surface area contributed by atoms with Gasteiger partial charge in [-0.3, -0.25) is 4.57 Å². The molecule has 5 nitrogen and oxygen atoms in total. The van der Waals surface area contributed by atoms with E-state index in [9.17, 15) is 0 Å². The standard InChI is InChI=1S/C19H19ClN4O/c1-23(2)22-19(24-12-11-21-14-24)16-8-4-6-10-18(16)25-13-15-7-3-5-9-17(15)20/h3-12,14H,13H2,1-2H3/b22-19+. The number of hydrazone groups is 1. The summed E-state index contributed by atoms with van der Waals surface area (Å²) in [7, 11) is 3.76. The Balaban J connectivity index is 1.93. The van der Waals surface area contributed by atoms with Crippen LogP contribution >= 0.6 is 11.6 Å². The fraction of sp³-hybridized carbons (Fsp3) is 0.158. The Morgan fingerprint density at radius 1 is 1.16 bits per heavy atom. The Kier molecular flexibility index (Phi) is 5.36. The first-order valence-electron chi connectivity index (χ1n) is 7.85. The average Bonchev–Trinajstić information content (AvgIpc) is 3.14. The van der Waals surface area contributed by atoms with E-state index < -0.39 is 0 Å². The predicted octanol–water partition coefficient (Wildman–Crippen LogP) is 3.89. The highest BCUT2D eigenvalue weighted by molar-refractivity contribution is 6.31. The maximum Gasteiger partial charge on any atom is 0.168 e. The van der Waals surface area contributed by atoms with Crippen LogP contribution < -0.4 is 4.74 Å². The Labute approximate surface area is 152 Å². The van der Waals surface area contributed by atoms with Crippen molar-refractivity contribution in [1.82, 2.24) is 14.6 Å². The van der Waals surface area contributed by atoms with Crippen LogP contribution in [0.3, 0.4) is 0 Å². The highest BCUT2D eigenvalue weighted by Gasteiger charge is 2.13. The molecule has 0 bridgehead atoms. The van der Waals surface area contributed by atoms with Gasteiger partial charge >= 0.3 is 0 Å². The zero-order valence-corrected chi connectivity index (χ0v) is 14.9. The number of ether oxygens (including phenoxy) is 1. The largest absolute Gasteiger partial charge is 0.488 e. The van der Waals surface area contributed by atoms with Crippen molar-refractivity contribution in [3.63, 3.8) is 0 Å². The summed E-state index contributed by atoms with van der Waals surface area (Å²) in [5.74, 6) is 1.47.